The molecule has 0 bridgehead atoms. The first-order valence-electron chi connectivity index (χ1n) is 3.70. The molecule has 14 heavy (non-hydrogen) atoms. The van der Waals surface area contributed by atoms with Gasteiger partial charge in [-0.15, -0.1) is 0 Å². The third-order valence-electron chi connectivity index (χ3n) is 1.93. The summed E-state index contributed by atoms with van der Waals surface area (Å²) >= 11 is 17.6. The minimum atomic E-state index is 0.284. The topological polar surface area (TPSA) is 39.6 Å². The van der Waals surface area contributed by atoms with Crippen LogP contribution in [-0.2, 0) is 0 Å². The van der Waals surface area contributed by atoms with Crippen molar-refractivity contribution in [2.45, 2.75) is 0 Å². The molecule has 2 rings (SSSR count). The number of H-pyrrole nitrogens is 1. The van der Waals surface area contributed by atoms with Gasteiger partial charge in [-0.2, -0.15) is 5.26 Å². The molecule has 0 atom stereocenters. The summed E-state index contributed by atoms with van der Waals surface area (Å²) in [6, 6.07) is 5.35. The average molecular weight is 245 g/mol. The number of rotatable bonds is 0. The molecule has 0 saturated carbocycles. The van der Waals surface area contributed by atoms with E-state index in [0.717, 1.165) is 0 Å². The third-order valence-corrected chi connectivity index (χ3v) is 3.02. The molecule has 2 nitrogen and oxygen atoms in total. The Balaban J connectivity index is 2.96. The van der Waals surface area contributed by atoms with Crippen LogP contribution in [0.2, 0.25) is 15.2 Å². The fourth-order valence-electron chi connectivity index (χ4n) is 1.28. The zero-order chi connectivity index (χ0) is 10.3. The Labute approximate surface area is 95.0 Å². The Morgan fingerprint density at radius 2 is 1.93 bits per heavy atom. The van der Waals surface area contributed by atoms with Crippen LogP contribution in [0.25, 0.3) is 10.9 Å². The lowest BCUT2D eigenvalue weighted by Crippen LogP contribution is -1.73. The highest BCUT2D eigenvalue weighted by molar-refractivity contribution is 6.45. The van der Waals surface area contributed by atoms with E-state index in [4.69, 9.17) is 40.1 Å². The van der Waals surface area contributed by atoms with E-state index in [1.807, 2.05) is 6.07 Å². The van der Waals surface area contributed by atoms with Crippen molar-refractivity contribution in [2.75, 3.05) is 0 Å². The Morgan fingerprint density at radius 1 is 1.21 bits per heavy atom. The molecule has 2 aromatic rings. The molecule has 0 aliphatic heterocycles. The largest absolute Gasteiger partial charge is 0.343 e. The van der Waals surface area contributed by atoms with Crippen LogP contribution in [-0.4, -0.2) is 4.98 Å². The predicted octanol–water partition coefficient (Wildman–Crippen LogP) is 4.00. The number of nitrogens with zero attached hydrogens (tertiary/aromatic N) is 1. The van der Waals surface area contributed by atoms with Gasteiger partial charge in [0.25, 0.3) is 0 Å². The number of nitrogens with one attached hydrogen (secondary N) is 1. The lowest BCUT2D eigenvalue weighted by atomic mass is 10.2. The molecule has 0 aliphatic rings. The summed E-state index contributed by atoms with van der Waals surface area (Å²) in [6.07, 6.45) is 0. The molecule has 0 saturated heterocycles. The number of hydrogen-bond donors (Lipinski definition) is 1. The molecule has 1 heterocycles. The normalized spacial score (nSPS) is 10.4. The van der Waals surface area contributed by atoms with Crippen molar-refractivity contribution in [1.82, 2.24) is 4.98 Å². The molecule has 70 valence electrons. The minimum absolute atomic E-state index is 0.284. The molecule has 0 radical (unpaired) electrons. The standard InChI is InChI=1S/C9H3Cl3N2/c10-6-2-1-4-5(3-13)9(12)14-8(4)7(6)11/h1-2,14H. The molecule has 0 spiro atoms. The van der Waals surface area contributed by atoms with E-state index in [2.05, 4.69) is 4.98 Å². The highest BCUT2D eigenvalue weighted by Gasteiger charge is 2.13. The van der Waals surface area contributed by atoms with Gasteiger partial charge in [0.05, 0.1) is 21.1 Å². The summed E-state index contributed by atoms with van der Waals surface area (Å²) in [5.74, 6) is 0. The Hall–Kier alpha value is -0.880. The van der Waals surface area contributed by atoms with Crippen molar-refractivity contribution >= 4 is 45.7 Å². The molecule has 0 aliphatic carbocycles. The van der Waals surface area contributed by atoms with Crippen LogP contribution < -0.4 is 0 Å². The Kier molecular flexibility index (Phi) is 2.32. The molecular formula is C9H3Cl3N2. The fourth-order valence-corrected chi connectivity index (χ4v) is 1.89. The van der Waals surface area contributed by atoms with Crippen LogP contribution in [0, 0.1) is 11.3 Å². The zero-order valence-corrected chi connectivity index (χ0v) is 9.00. The van der Waals surface area contributed by atoms with Crippen molar-refractivity contribution in [2.24, 2.45) is 0 Å². The summed E-state index contributed by atoms with van der Waals surface area (Å²) in [7, 11) is 0. The first-order chi connectivity index (χ1) is 6.65. The molecule has 1 aromatic carbocycles. The summed E-state index contributed by atoms with van der Waals surface area (Å²) in [5, 5.41) is 10.6. The molecule has 0 unspecified atom stereocenters. The van der Waals surface area contributed by atoms with Crippen LogP contribution in [0.15, 0.2) is 12.1 Å². The molecule has 5 heteroatoms. The first kappa shape index (κ1) is 9.67. The SMILES string of the molecule is N#Cc1c(Cl)[nH]c2c(Cl)c(Cl)ccc12. The van der Waals surface area contributed by atoms with Gasteiger partial charge in [0.15, 0.2) is 0 Å². The zero-order valence-electron chi connectivity index (χ0n) is 6.74. The first-order valence-corrected chi connectivity index (χ1v) is 4.84. The number of aromatic amines is 1. The van der Waals surface area contributed by atoms with Gasteiger partial charge in [0.2, 0.25) is 0 Å². The maximum atomic E-state index is 8.84. The van der Waals surface area contributed by atoms with Gasteiger partial charge < -0.3 is 4.98 Å². The lowest BCUT2D eigenvalue weighted by Gasteiger charge is -1.96. The van der Waals surface area contributed by atoms with E-state index in [9.17, 15) is 0 Å². The van der Waals surface area contributed by atoms with Crippen LogP contribution in [0.1, 0.15) is 5.56 Å². The van der Waals surface area contributed by atoms with Gasteiger partial charge in [-0.3, -0.25) is 0 Å². The number of nitriles is 1. The summed E-state index contributed by atoms with van der Waals surface area (Å²) in [4.78, 5) is 2.81. The van der Waals surface area contributed by atoms with Gasteiger partial charge >= 0.3 is 0 Å². The van der Waals surface area contributed by atoms with Gasteiger partial charge in [-0.05, 0) is 12.1 Å². The summed E-state index contributed by atoms with van der Waals surface area (Å²) < 4.78 is 0. The number of halogens is 3. The quantitative estimate of drug-likeness (QED) is 0.748. The molecule has 1 N–H and O–H groups in total. The molecule has 0 fully saturated rings. The summed E-state index contributed by atoms with van der Waals surface area (Å²) in [5.41, 5.74) is 0.987. The van der Waals surface area contributed by atoms with Crippen molar-refractivity contribution in [3.05, 3.63) is 32.9 Å². The van der Waals surface area contributed by atoms with E-state index in [0.29, 0.717) is 26.5 Å². The van der Waals surface area contributed by atoms with Gasteiger partial charge in [0.1, 0.15) is 11.2 Å². The summed E-state index contributed by atoms with van der Waals surface area (Å²) in [6.45, 7) is 0. The van der Waals surface area contributed by atoms with Crippen LogP contribution in [0.5, 0.6) is 0 Å². The fraction of sp³-hybridized carbons (Fsp3) is 0. The number of aromatic nitrogens is 1. The number of benzene rings is 1. The molecular weight excluding hydrogens is 242 g/mol. The van der Waals surface area contributed by atoms with E-state index < -0.39 is 0 Å². The molecule has 0 amide bonds. The van der Waals surface area contributed by atoms with Crippen LogP contribution in [0.3, 0.4) is 0 Å². The third kappa shape index (κ3) is 1.26. The van der Waals surface area contributed by atoms with Gasteiger partial charge in [-0.1, -0.05) is 34.8 Å². The highest BCUT2D eigenvalue weighted by atomic mass is 35.5. The number of fused-ring (bicyclic) bond motifs is 1. The number of hydrogen-bond acceptors (Lipinski definition) is 1. The van der Waals surface area contributed by atoms with Crippen LogP contribution in [0.4, 0.5) is 0 Å². The maximum absolute atomic E-state index is 8.84. The Morgan fingerprint density at radius 3 is 2.57 bits per heavy atom. The average Bonchev–Trinajstić information content (AvgIpc) is 2.49. The van der Waals surface area contributed by atoms with Crippen molar-refractivity contribution in [3.63, 3.8) is 0 Å². The van der Waals surface area contributed by atoms with Crippen molar-refractivity contribution in [1.29, 1.82) is 5.26 Å². The minimum Gasteiger partial charge on any atom is -0.343 e. The predicted molar refractivity (Wildman–Crippen MR) is 58.0 cm³/mol. The van der Waals surface area contributed by atoms with E-state index in [1.165, 1.54) is 0 Å². The molecule has 1 aromatic heterocycles. The Bertz CT molecular complexity index is 551. The second-order valence-electron chi connectivity index (χ2n) is 2.71. The lowest BCUT2D eigenvalue weighted by molar-refractivity contribution is 1.44. The second-order valence-corrected chi connectivity index (χ2v) is 3.87. The highest BCUT2D eigenvalue weighted by Crippen LogP contribution is 2.34. The van der Waals surface area contributed by atoms with Gasteiger partial charge in [-0.25, -0.2) is 0 Å². The second kappa shape index (κ2) is 3.36. The van der Waals surface area contributed by atoms with Crippen molar-refractivity contribution < 1.29 is 0 Å². The smallest absolute Gasteiger partial charge is 0.125 e. The van der Waals surface area contributed by atoms with E-state index >= 15 is 0 Å². The van der Waals surface area contributed by atoms with E-state index in [-0.39, 0.29) is 5.15 Å². The monoisotopic (exact) mass is 244 g/mol. The van der Waals surface area contributed by atoms with Crippen molar-refractivity contribution in [3.8, 4) is 6.07 Å². The van der Waals surface area contributed by atoms with Crippen LogP contribution >= 0.6 is 34.8 Å². The van der Waals surface area contributed by atoms with E-state index in [1.54, 1.807) is 12.1 Å². The maximum Gasteiger partial charge on any atom is 0.125 e. The van der Waals surface area contributed by atoms with Gasteiger partial charge in [0, 0.05) is 5.39 Å².